The minimum atomic E-state index is -0.106. The summed E-state index contributed by atoms with van der Waals surface area (Å²) in [5, 5.41) is 2.65. The summed E-state index contributed by atoms with van der Waals surface area (Å²) >= 11 is 0. The van der Waals surface area contributed by atoms with Crippen LogP contribution in [0.5, 0.6) is 0 Å². The SMILES string of the molecule is O=C1[C@H]2CC=CC[C@H]2C(=O)N1C[NH+]1CC[NH+](Cc2cccc3ccccc23)CC1. The molecule has 3 aliphatic rings. The number of amides is 2. The van der Waals surface area contributed by atoms with E-state index in [-0.39, 0.29) is 23.7 Å². The standard InChI is InChI=1S/C24H27N3O2/c28-23-21-10-3-4-11-22(21)24(29)27(23)17-26-14-12-25(13-15-26)16-19-8-5-7-18-6-1-2-9-20(18)19/h1-9,21-22H,10-17H2/p+2/t21-,22+. The fourth-order valence-electron chi connectivity index (χ4n) is 5.26. The largest absolute Gasteiger partial charge is 0.322 e. The number of nitrogens with one attached hydrogen (secondary N) is 2. The lowest BCUT2D eigenvalue weighted by Gasteiger charge is -2.31. The molecule has 29 heavy (non-hydrogen) atoms. The second kappa shape index (κ2) is 7.73. The number of allylic oxidation sites excluding steroid dienone is 2. The number of likely N-dealkylation sites (tertiary alicyclic amines) is 1. The van der Waals surface area contributed by atoms with Gasteiger partial charge < -0.3 is 9.80 Å². The number of hydrogen-bond acceptors (Lipinski definition) is 2. The number of piperazine rings is 1. The third-order valence-corrected chi connectivity index (χ3v) is 6.97. The average molecular weight is 392 g/mol. The highest BCUT2D eigenvalue weighted by Gasteiger charge is 2.48. The Balaban J connectivity index is 1.19. The molecule has 0 unspecified atom stereocenters. The van der Waals surface area contributed by atoms with Crippen molar-refractivity contribution in [3.05, 3.63) is 60.2 Å². The summed E-state index contributed by atoms with van der Waals surface area (Å²) in [6.07, 6.45) is 5.56. The van der Waals surface area contributed by atoms with E-state index in [0.29, 0.717) is 6.67 Å². The monoisotopic (exact) mass is 391 g/mol. The van der Waals surface area contributed by atoms with Crippen LogP contribution in [0.4, 0.5) is 0 Å². The van der Waals surface area contributed by atoms with Gasteiger partial charge in [0.05, 0.1) is 11.8 Å². The van der Waals surface area contributed by atoms with Gasteiger partial charge in [0.2, 0.25) is 11.8 Å². The number of carbonyl (C=O) groups excluding carboxylic acids is 2. The van der Waals surface area contributed by atoms with Gasteiger partial charge in [-0.2, -0.15) is 0 Å². The molecule has 0 saturated carbocycles. The maximum absolute atomic E-state index is 12.7. The van der Waals surface area contributed by atoms with E-state index in [1.165, 1.54) is 21.2 Å². The number of rotatable bonds is 4. The third kappa shape index (κ3) is 3.49. The summed E-state index contributed by atoms with van der Waals surface area (Å²) in [7, 11) is 0. The van der Waals surface area contributed by atoms with E-state index < -0.39 is 0 Å². The van der Waals surface area contributed by atoms with Crippen molar-refractivity contribution in [3.8, 4) is 0 Å². The van der Waals surface area contributed by atoms with Gasteiger partial charge in [-0.05, 0) is 23.6 Å². The van der Waals surface area contributed by atoms with Gasteiger partial charge in [-0.15, -0.1) is 0 Å². The van der Waals surface area contributed by atoms with Gasteiger partial charge in [0.25, 0.3) is 0 Å². The highest BCUT2D eigenvalue weighted by molar-refractivity contribution is 6.05. The molecule has 2 amide bonds. The molecule has 0 spiro atoms. The quantitative estimate of drug-likeness (QED) is 0.571. The van der Waals surface area contributed by atoms with Crippen LogP contribution in [-0.2, 0) is 16.1 Å². The van der Waals surface area contributed by atoms with Gasteiger partial charge in [-0.3, -0.25) is 9.59 Å². The predicted octanol–water partition coefficient (Wildman–Crippen LogP) is 0.0319. The van der Waals surface area contributed by atoms with Gasteiger partial charge >= 0.3 is 0 Å². The van der Waals surface area contributed by atoms with Crippen molar-refractivity contribution in [2.24, 2.45) is 11.8 Å². The lowest BCUT2D eigenvalue weighted by Crippen LogP contribution is -3.28. The highest BCUT2D eigenvalue weighted by atomic mass is 16.2. The van der Waals surface area contributed by atoms with Crippen LogP contribution in [0.25, 0.3) is 10.8 Å². The maximum Gasteiger partial charge on any atom is 0.237 e. The summed E-state index contributed by atoms with van der Waals surface area (Å²) in [4.78, 5) is 29.9. The fourth-order valence-corrected chi connectivity index (χ4v) is 5.26. The normalized spacial score (nSPS) is 29.4. The molecular formula is C24H29N3O2+2. The fraction of sp³-hybridized carbons (Fsp3) is 0.417. The van der Waals surface area contributed by atoms with Gasteiger partial charge in [0.1, 0.15) is 32.7 Å². The molecule has 2 atom stereocenters. The molecule has 0 aromatic heterocycles. The molecule has 2 heterocycles. The Labute approximate surface area is 171 Å². The third-order valence-electron chi connectivity index (χ3n) is 6.97. The number of hydrogen-bond donors (Lipinski definition) is 2. The maximum atomic E-state index is 12.7. The smallest absolute Gasteiger partial charge is 0.237 e. The van der Waals surface area contributed by atoms with Crippen LogP contribution >= 0.6 is 0 Å². The van der Waals surface area contributed by atoms with E-state index >= 15 is 0 Å². The molecule has 2 N–H and O–H groups in total. The molecule has 2 fully saturated rings. The van der Waals surface area contributed by atoms with Gasteiger partial charge in [0, 0.05) is 5.56 Å². The van der Waals surface area contributed by atoms with Crippen LogP contribution in [0, 0.1) is 11.8 Å². The number of imide groups is 1. The number of nitrogens with zero attached hydrogens (tertiary/aromatic N) is 1. The Morgan fingerprint density at radius 1 is 0.793 bits per heavy atom. The summed E-state index contributed by atoms with van der Waals surface area (Å²) in [6.45, 7) is 5.74. The lowest BCUT2D eigenvalue weighted by molar-refractivity contribution is -1.02. The van der Waals surface area contributed by atoms with Crippen LogP contribution in [0.1, 0.15) is 18.4 Å². The Kier molecular flexibility index (Phi) is 4.94. The summed E-state index contributed by atoms with van der Waals surface area (Å²) < 4.78 is 0. The number of quaternary nitrogens is 2. The molecule has 150 valence electrons. The molecule has 5 nitrogen and oxygen atoms in total. The molecule has 1 aliphatic carbocycles. The molecule has 2 saturated heterocycles. The van der Waals surface area contributed by atoms with Crippen molar-refractivity contribution in [2.75, 3.05) is 32.8 Å². The zero-order valence-electron chi connectivity index (χ0n) is 16.8. The van der Waals surface area contributed by atoms with E-state index in [1.54, 1.807) is 9.80 Å². The molecule has 5 rings (SSSR count). The van der Waals surface area contributed by atoms with Gasteiger partial charge in [0.15, 0.2) is 6.67 Å². The molecule has 0 radical (unpaired) electrons. The van der Waals surface area contributed by atoms with Gasteiger partial charge in [-0.25, -0.2) is 4.90 Å². The molecule has 2 aliphatic heterocycles. The first kappa shape index (κ1) is 18.5. The van der Waals surface area contributed by atoms with E-state index in [2.05, 4.69) is 54.6 Å². The van der Waals surface area contributed by atoms with Gasteiger partial charge in [-0.1, -0.05) is 54.6 Å². The molecule has 5 heteroatoms. The Morgan fingerprint density at radius 2 is 1.41 bits per heavy atom. The van der Waals surface area contributed by atoms with Crippen molar-refractivity contribution in [1.29, 1.82) is 0 Å². The predicted molar refractivity (Wildman–Crippen MR) is 111 cm³/mol. The van der Waals surface area contributed by atoms with Crippen molar-refractivity contribution in [3.63, 3.8) is 0 Å². The van der Waals surface area contributed by atoms with E-state index in [0.717, 1.165) is 45.6 Å². The summed E-state index contributed by atoms with van der Waals surface area (Å²) in [6, 6.07) is 15.2. The number of benzene rings is 2. The average Bonchev–Trinajstić information content (AvgIpc) is 3.00. The Hall–Kier alpha value is -2.50. The topological polar surface area (TPSA) is 46.3 Å². The number of carbonyl (C=O) groups is 2. The van der Waals surface area contributed by atoms with Crippen LogP contribution in [0.15, 0.2) is 54.6 Å². The van der Waals surface area contributed by atoms with Crippen LogP contribution in [0.2, 0.25) is 0 Å². The molecular weight excluding hydrogens is 362 g/mol. The number of fused-ring (bicyclic) bond motifs is 2. The summed E-state index contributed by atoms with van der Waals surface area (Å²) in [5.41, 5.74) is 1.41. The first-order valence-electron chi connectivity index (χ1n) is 10.8. The van der Waals surface area contributed by atoms with Crippen LogP contribution < -0.4 is 9.80 Å². The van der Waals surface area contributed by atoms with Crippen molar-refractivity contribution in [2.45, 2.75) is 19.4 Å². The zero-order valence-corrected chi connectivity index (χ0v) is 16.8. The molecule has 2 aromatic rings. The molecule has 2 aromatic carbocycles. The minimum absolute atomic E-state index is 0.0578. The van der Waals surface area contributed by atoms with Crippen LogP contribution in [0.3, 0.4) is 0 Å². The molecule has 0 bridgehead atoms. The first-order valence-corrected chi connectivity index (χ1v) is 10.8. The highest BCUT2D eigenvalue weighted by Crippen LogP contribution is 2.34. The minimum Gasteiger partial charge on any atom is -0.322 e. The zero-order chi connectivity index (χ0) is 19.8. The summed E-state index contributed by atoms with van der Waals surface area (Å²) in [5.74, 6) is -0.0971. The second-order valence-electron chi connectivity index (χ2n) is 8.73. The van der Waals surface area contributed by atoms with E-state index in [1.807, 2.05) is 0 Å². The Morgan fingerprint density at radius 3 is 2.14 bits per heavy atom. The van der Waals surface area contributed by atoms with Crippen molar-refractivity contribution in [1.82, 2.24) is 4.90 Å². The van der Waals surface area contributed by atoms with Crippen molar-refractivity contribution >= 4 is 22.6 Å². The lowest BCUT2D eigenvalue weighted by atomic mass is 9.85. The van der Waals surface area contributed by atoms with Crippen LogP contribution in [-0.4, -0.2) is 49.6 Å². The van der Waals surface area contributed by atoms with Crippen molar-refractivity contribution < 1.29 is 19.4 Å². The first-order chi connectivity index (χ1) is 14.2. The second-order valence-corrected chi connectivity index (χ2v) is 8.73. The van der Waals surface area contributed by atoms with E-state index in [9.17, 15) is 9.59 Å². The Bertz CT molecular complexity index is 930. The van der Waals surface area contributed by atoms with E-state index in [4.69, 9.17) is 0 Å².